The number of benzene rings is 3. The zero-order chi connectivity index (χ0) is 21.6. The predicted molar refractivity (Wildman–Crippen MR) is 118 cm³/mol. The highest BCUT2D eigenvalue weighted by atomic mass is 32.2. The fourth-order valence-electron chi connectivity index (χ4n) is 2.97. The van der Waals surface area contributed by atoms with Crippen molar-refractivity contribution in [1.82, 2.24) is 0 Å². The molecular weight excluding hydrogens is 400 g/mol. The second-order valence-electron chi connectivity index (χ2n) is 6.63. The summed E-state index contributed by atoms with van der Waals surface area (Å²) in [6, 6.07) is 22.4. The predicted octanol–water partition coefficient (Wildman–Crippen LogP) is 4.23. The number of hydrogen-bond donors (Lipinski definition) is 1. The molecule has 1 amide bonds. The van der Waals surface area contributed by atoms with E-state index in [1.165, 1.54) is 4.31 Å². The first kappa shape index (κ1) is 21.4. The number of amides is 1. The first-order valence-corrected chi connectivity index (χ1v) is 11.0. The molecule has 6 nitrogen and oxygen atoms in total. The highest BCUT2D eigenvalue weighted by molar-refractivity contribution is 7.92. The first-order chi connectivity index (χ1) is 14.4. The normalized spacial score (nSPS) is 11.0. The Hall–Kier alpha value is -3.32. The van der Waals surface area contributed by atoms with Gasteiger partial charge < -0.3 is 10.1 Å². The van der Waals surface area contributed by atoms with E-state index in [9.17, 15) is 13.2 Å². The number of nitrogens with zero attached hydrogens (tertiary/aromatic N) is 1. The van der Waals surface area contributed by atoms with Crippen molar-refractivity contribution in [1.29, 1.82) is 0 Å². The maximum absolute atomic E-state index is 12.9. The summed E-state index contributed by atoms with van der Waals surface area (Å²) < 4.78 is 32.7. The minimum absolute atomic E-state index is 0.145. The van der Waals surface area contributed by atoms with Gasteiger partial charge in [0, 0.05) is 12.2 Å². The summed E-state index contributed by atoms with van der Waals surface area (Å²) in [5.41, 5.74) is 2.23. The van der Waals surface area contributed by atoms with E-state index in [-0.39, 0.29) is 24.0 Å². The van der Waals surface area contributed by atoms with Gasteiger partial charge in [-0.2, -0.15) is 0 Å². The highest BCUT2D eigenvalue weighted by Crippen LogP contribution is 2.25. The third-order valence-electron chi connectivity index (χ3n) is 4.53. The fourth-order valence-corrected chi connectivity index (χ4v) is 4.46. The molecule has 0 saturated heterocycles. The zero-order valence-electron chi connectivity index (χ0n) is 16.9. The average Bonchev–Trinajstić information content (AvgIpc) is 2.76. The van der Waals surface area contributed by atoms with E-state index >= 15 is 0 Å². The van der Waals surface area contributed by atoms with Gasteiger partial charge in [0.05, 0.1) is 10.6 Å². The molecule has 0 unspecified atom stereocenters. The maximum Gasteiger partial charge on any atom is 0.264 e. The number of nitrogens with one attached hydrogen (secondary N) is 1. The van der Waals surface area contributed by atoms with Crippen LogP contribution in [0.3, 0.4) is 0 Å². The van der Waals surface area contributed by atoms with E-state index in [0.29, 0.717) is 11.4 Å². The van der Waals surface area contributed by atoms with Gasteiger partial charge in [-0.1, -0.05) is 36.4 Å². The van der Waals surface area contributed by atoms with E-state index < -0.39 is 10.0 Å². The Balaban J connectivity index is 1.65. The van der Waals surface area contributed by atoms with Crippen LogP contribution in [-0.2, 0) is 14.8 Å². The third-order valence-corrected chi connectivity index (χ3v) is 6.45. The Morgan fingerprint density at radius 3 is 2.20 bits per heavy atom. The number of carbonyl (C=O) groups excluding carboxylic acids is 1. The van der Waals surface area contributed by atoms with Gasteiger partial charge >= 0.3 is 0 Å². The number of sulfonamides is 1. The van der Waals surface area contributed by atoms with E-state index in [1.54, 1.807) is 61.5 Å². The van der Waals surface area contributed by atoms with Crippen molar-refractivity contribution in [3.05, 3.63) is 84.4 Å². The minimum atomic E-state index is -3.65. The molecule has 7 heteroatoms. The van der Waals surface area contributed by atoms with E-state index in [4.69, 9.17) is 4.74 Å². The van der Waals surface area contributed by atoms with E-state index in [2.05, 4.69) is 5.32 Å². The number of rotatable bonds is 8. The van der Waals surface area contributed by atoms with Crippen LogP contribution in [0, 0.1) is 6.92 Å². The molecule has 0 aromatic heterocycles. The van der Waals surface area contributed by atoms with Crippen LogP contribution in [0.4, 0.5) is 11.4 Å². The van der Waals surface area contributed by atoms with Gasteiger partial charge in [0.25, 0.3) is 15.9 Å². The lowest BCUT2D eigenvalue weighted by Gasteiger charge is -2.23. The molecule has 3 aromatic carbocycles. The van der Waals surface area contributed by atoms with Crippen LogP contribution < -0.4 is 14.4 Å². The fraction of sp³-hybridized carbons (Fsp3) is 0.174. The second kappa shape index (κ2) is 9.45. The molecule has 0 aliphatic rings. The van der Waals surface area contributed by atoms with Gasteiger partial charge in [0.15, 0.2) is 6.61 Å². The topological polar surface area (TPSA) is 75.7 Å². The molecule has 0 atom stereocenters. The molecule has 156 valence electrons. The summed E-state index contributed by atoms with van der Waals surface area (Å²) >= 11 is 0. The Bertz CT molecular complexity index is 1100. The van der Waals surface area contributed by atoms with Crippen LogP contribution in [0.15, 0.2) is 83.8 Å². The highest BCUT2D eigenvalue weighted by Gasteiger charge is 2.23. The molecule has 1 N–H and O–H groups in total. The van der Waals surface area contributed by atoms with Gasteiger partial charge in [-0.05, 0) is 61.9 Å². The number of para-hydroxylation sites is 1. The average molecular weight is 425 g/mol. The Labute approximate surface area is 177 Å². The standard InChI is InChI=1S/C23H24N2O4S/c1-3-25(30(27,28)21-10-5-4-6-11-21)19-13-15-20(16-14-19)29-17-23(26)24-22-12-8-7-9-18(22)2/h4-16H,3,17H2,1-2H3,(H,24,26). The summed E-state index contributed by atoms with van der Waals surface area (Å²) in [7, 11) is -3.65. The van der Waals surface area contributed by atoms with Crippen molar-refractivity contribution < 1.29 is 17.9 Å². The second-order valence-corrected chi connectivity index (χ2v) is 8.49. The molecule has 0 aliphatic carbocycles. The minimum Gasteiger partial charge on any atom is -0.484 e. The molecular formula is C23H24N2O4S. The number of hydrogen-bond acceptors (Lipinski definition) is 4. The smallest absolute Gasteiger partial charge is 0.264 e. The number of ether oxygens (including phenoxy) is 1. The van der Waals surface area contributed by atoms with Crippen molar-refractivity contribution in [2.45, 2.75) is 18.7 Å². The maximum atomic E-state index is 12.9. The summed E-state index contributed by atoms with van der Waals surface area (Å²) in [4.78, 5) is 12.4. The summed E-state index contributed by atoms with van der Waals surface area (Å²) in [5.74, 6) is 0.210. The lowest BCUT2D eigenvalue weighted by atomic mass is 10.2. The lowest BCUT2D eigenvalue weighted by Crippen LogP contribution is -2.30. The Morgan fingerprint density at radius 2 is 1.57 bits per heavy atom. The molecule has 0 spiro atoms. The first-order valence-electron chi connectivity index (χ1n) is 9.58. The molecule has 30 heavy (non-hydrogen) atoms. The molecule has 0 aliphatic heterocycles. The van der Waals surface area contributed by atoms with Gasteiger partial charge in [-0.25, -0.2) is 8.42 Å². The number of carbonyl (C=O) groups is 1. The Kier molecular flexibility index (Phi) is 6.74. The molecule has 0 bridgehead atoms. The summed E-state index contributed by atoms with van der Waals surface area (Å²) in [5, 5.41) is 2.81. The quantitative estimate of drug-likeness (QED) is 0.587. The van der Waals surface area contributed by atoms with Crippen LogP contribution in [0.25, 0.3) is 0 Å². The van der Waals surface area contributed by atoms with E-state index in [1.807, 2.05) is 31.2 Å². The van der Waals surface area contributed by atoms with E-state index in [0.717, 1.165) is 11.3 Å². The molecule has 0 heterocycles. The summed E-state index contributed by atoms with van der Waals surface area (Å²) in [6.45, 7) is 3.84. The van der Waals surface area contributed by atoms with Gasteiger partial charge in [-0.15, -0.1) is 0 Å². The SMILES string of the molecule is CCN(c1ccc(OCC(=O)Nc2ccccc2C)cc1)S(=O)(=O)c1ccccc1. The number of anilines is 2. The Morgan fingerprint density at radius 1 is 0.933 bits per heavy atom. The third kappa shape index (κ3) is 4.99. The van der Waals surface area contributed by atoms with Crippen molar-refractivity contribution in [2.24, 2.45) is 0 Å². The molecule has 3 aromatic rings. The van der Waals surface area contributed by atoms with Crippen LogP contribution in [0.1, 0.15) is 12.5 Å². The van der Waals surface area contributed by atoms with Crippen molar-refractivity contribution in [2.75, 3.05) is 22.8 Å². The molecule has 0 radical (unpaired) electrons. The van der Waals surface area contributed by atoms with Crippen molar-refractivity contribution >= 4 is 27.3 Å². The number of aryl methyl sites for hydroxylation is 1. The van der Waals surface area contributed by atoms with Gasteiger partial charge in [-0.3, -0.25) is 9.10 Å². The monoisotopic (exact) mass is 424 g/mol. The van der Waals surface area contributed by atoms with Crippen molar-refractivity contribution in [3.8, 4) is 5.75 Å². The van der Waals surface area contributed by atoms with Crippen LogP contribution in [-0.4, -0.2) is 27.5 Å². The lowest BCUT2D eigenvalue weighted by molar-refractivity contribution is -0.118. The van der Waals surface area contributed by atoms with Crippen molar-refractivity contribution in [3.63, 3.8) is 0 Å². The molecule has 0 fully saturated rings. The van der Waals surface area contributed by atoms with Crippen LogP contribution in [0.5, 0.6) is 5.75 Å². The van der Waals surface area contributed by atoms with Crippen LogP contribution >= 0.6 is 0 Å². The largest absolute Gasteiger partial charge is 0.484 e. The molecule has 3 rings (SSSR count). The van der Waals surface area contributed by atoms with Gasteiger partial charge in [0.2, 0.25) is 0 Å². The molecule has 0 saturated carbocycles. The summed E-state index contributed by atoms with van der Waals surface area (Å²) in [6.07, 6.45) is 0. The van der Waals surface area contributed by atoms with Gasteiger partial charge in [0.1, 0.15) is 5.75 Å². The van der Waals surface area contributed by atoms with Crippen LogP contribution in [0.2, 0.25) is 0 Å². The zero-order valence-corrected chi connectivity index (χ0v) is 17.7.